The summed E-state index contributed by atoms with van der Waals surface area (Å²) in [5.74, 6) is -2.00. The van der Waals surface area contributed by atoms with Gasteiger partial charge in [0.2, 0.25) is 5.16 Å². The number of aromatic nitrogens is 5. The number of carbonyl (C=O) groups is 3. The van der Waals surface area contributed by atoms with Gasteiger partial charge in [-0.15, -0.1) is 34.8 Å². The highest BCUT2D eigenvalue weighted by atomic mass is 35.5. The van der Waals surface area contributed by atoms with Crippen molar-refractivity contribution in [1.29, 1.82) is 0 Å². The predicted molar refractivity (Wildman–Crippen MR) is 163 cm³/mol. The summed E-state index contributed by atoms with van der Waals surface area (Å²) in [4.78, 5) is 49.5. The molecule has 4 N–H and O–H groups in total. The number of aliphatic carboxylic acids is 1. The number of hydrogen-bond acceptors (Lipinski definition) is 13. The second kappa shape index (κ2) is 13.3. The lowest BCUT2D eigenvalue weighted by Crippen LogP contribution is -2.71. The van der Waals surface area contributed by atoms with E-state index in [1.165, 1.54) is 38.5 Å². The number of β-lactam (4-membered cyclic amide) rings is 1. The summed E-state index contributed by atoms with van der Waals surface area (Å²) in [6, 6.07) is 3.89. The van der Waals surface area contributed by atoms with E-state index in [-0.39, 0.29) is 34.6 Å². The summed E-state index contributed by atoms with van der Waals surface area (Å²) in [5.41, 5.74) is 6.76. The van der Waals surface area contributed by atoms with Gasteiger partial charge in [-0.3, -0.25) is 14.5 Å². The number of hydrogen-bond donors (Lipinski definition) is 3. The standard InChI is InChI=1S/C24H21Cl2N9O5S3/c1-2-5-34-24(30-32-33-34)43-9-12-8-41-21-17(20(37)35(21)18(12)22(38)39)29-19(36)16(15-10-42-23(27)28-15)31-40-7-11-3-4-13(25)14(26)6-11/h2-4,6,10,17,21H,1,5,7-9H2,(H2,27,28)(H,29,36)(H,38,39)/b31-16+/t17?,21-/m1/s1. The van der Waals surface area contributed by atoms with Crippen molar-refractivity contribution in [2.45, 2.75) is 29.7 Å². The van der Waals surface area contributed by atoms with Crippen molar-refractivity contribution in [3.63, 3.8) is 0 Å². The largest absolute Gasteiger partial charge is 0.477 e. The van der Waals surface area contributed by atoms with Crippen molar-refractivity contribution >= 4 is 86.7 Å². The first-order valence-electron chi connectivity index (χ1n) is 12.2. The second-order valence-corrected chi connectivity index (χ2v) is 12.6. The summed E-state index contributed by atoms with van der Waals surface area (Å²) >= 11 is 15.7. The van der Waals surface area contributed by atoms with E-state index in [0.717, 1.165) is 11.3 Å². The lowest BCUT2D eigenvalue weighted by Gasteiger charge is -2.49. The number of amides is 2. The van der Waals surface area contributed by atoms with Crippen LogP contribution < -0.4 is 11.1 Å². The van der Waals surface area contributed by atoms with Crippen LogP contribution in [0.2, 0.25) is 10.0 Å². The molecule has 224 valence electrons. The van der Waals surface area contributed by atoms with Crippen LogP contribution in [0.4, 0.5) is 5.13 Å². The molecular formula is C24H21Cl2N9O5S3. The van der Waals surface area contributed by atoms with E-state index in [4.69, 9.17) is 33.8 Å². The Morgan fingerprint density at radius 3 is 2.86 bits per heavy atom. The molecule has 43 heavy (non-hydrogen) atoms. The van der Waals surface area contributed by atoms with Gasteiger partial charge in [-0.05, 0) is 33.7 Å². The van der Waals surface area contributed by atoms with Crippen LogP contribution in [0.3, 0.4) is 0 Å². The zero-order valence-electron chi connectivity index (χ0n) is 21.8. The summed E-state index contributed by atoms with van der Waals surface area (Å²) in [6.45, 7) is 4.02. The monoisotopic (exact) mass is 681 g/mol. The number of halogens is 2. The van der Waals surface area contributed by atoms with E-state index in [1.807, 2.05) is 0 Å². The third kappa shape index (κ3) is 6.65. The average molecular weight is 683 g/mol. The number of allylic oxidation sites excluding steroid dienone is 1. The first-order valence-corrected chi connectivity index (χ1v) is 15.9. The number of nitrogens with two attached hydrogens (primary N) is 1. The van der Waals surface area contributed by atoms with Gasteiger partial charge in [-0.1, -0.05) is 52.3 Å². The minimum Gasteiger partial charge on any atom is -0.477 e. The van der Waals surface area contributed by atoms with E-state index < -0.39 is 29.2 Å². The summed E-state index contributed by atoms with van der Waals surface area (Å²) in [5, 5.41) is 30.4. The molecule has 4 heterocycles. The molecule has 1 saturated heterocycles. The number of nitrogens with zero attached hydrogens (tertiary/aromatic N) is 7. The molecule has 1 unspecified atom stereocenters. The highest BCUT2D eigenvalue weighted by Gasteiger charge is 2.54. The second-order valence-electron chi connectivity index (χ2n) is 8.87. The lowest BCUT2D eigenvalue weighted by atomic mass is 10.0. The molecule has 1 fully saturated rings. The maximum Gasteiger partial charge on any atom is 0.352 e. The fourth-order valence-corrected chi connectivity index (χ4v) is 7.33. The van der Waals surface area contributed by atoms with E-state index >= 15 is 0 Å². The fourth-order valence-electron chi connectivity index (χ4n) is 4.09. The molecule has 1 aromatic carbocycles. The molecule has 5 rings (SSSR count). The van der Waals surface area contributed by atoms with Crippen LogP contribution in [0.1, 0.15) is 11.3 Å². The Labute approximate surface area is 266 Å². The molecule has 0 aliphatic carbocycles. The molecule has 3 aromatic rings. The number of oxime groups is 1. The zero-order valence-corrected chi connectivity index (χ0v) is 25.8. The molecular weight excluding hydrogens is 661 g/mol. The molecule has 0 bridgehead atoms. The number of fused-ring (bicyclic) bond motifs is 1. The van der Waals surface area contributed by atoms with Crippen LogP contribution in [0.25, 0.3) is 0 Å². The van der Waals surface area contributed by atoms with Gasteiger partial charge in [0, 0.05) is 16.9 Å². The molecule has 0 radical (unpaired) electrons. The molecule has 2 atom stereocenters. The summed E-state index contributed by atoms with van der Waals surface area (Å²) in [7, 11) is 0. The number of nitrogen functional groups attached to an aromatic ring is 1. The van der Waals surface area contributed by atoms with Crippen molar-refractivity contribution in [2.75, 3.05) is 17.2 Å². The number of thiazole rings is 1. The van der Waals surface area contributed by atoms with Gasteiger partial charge in [0.1, 0.15) is 29.4 Å². The molecule has 0 spiro atoms. The zero-order chi connectivity index (χ0) is 30.7. The number of anilines is 1. The van der Waals surface area contributed by atoms with Crippen LogP contribution in [0.5, 0.6) is 0 Å². The Bertz CT molecular complexity index is 1660. The Hall–Kier alpha value is -3.64. The minimum absolute atomic E-state index is 0.0323. The van der Waals surface area contributed by atoms with Gasteiger partial charge in [-0.25, -0.2) is 14.5 Å². The number of rotatable bonds is 12. The molecule has 2 aliphatic heterocycles. The van der Waals surface area contributed by atoms with Crippen LogP contribution in [0.15, 0.2) is 57.8 Å². The van der Waals surface area contributed by atoms with Gasteiger partial charge in [0.15, 0.2) is 10.8 Å². The highest BCUT2D eigenvalue weighted by Crippen LogP contribution is 2.41. The van der Waals surface area contributed by atoms with Gasteiger partial charge in [0.05, 0.1) is 16.6 Å². The number of thioether (sulfide) groups is 2. The fraction of sp³-hybridized carbons (Fsp3) is 0.250. The number of carboxylic acids is 1. The number of benzene rings is 1. The lowest BCUT2D eigenvalue weighted by molar-refractivity contribution is -0.150. The Morgan fingerprint density at radius 2 is 2.16 bits per heavy atom. The predicted octanol–water partition coefficient (Wildman–Crippen LogP) is 2.66. The Kier molecular flexibility index (Phi) is 9.55. The van der Waals surface area contributed by atoms with Crippen molar-refractivity contribution in [2.24, 2.45) is 5.16 Å². The van der Waals surface area contributed by atoms with Crippen LogP contribution in [0, 0.1) is 0 Å². The average Bonchev–Trinajstić information content (AvgIpc) is 3.62. The van der Waals surface area contributed by atoms with Gasteiger partial charge < -0.3 is 21.0 Å². The van der Waals surface area contributed by atoms with Crippen molar-refractivity contribution < 1.29 is 24.3 Å². The summed E-state index contributed by atoms with van der Waals surface area (Å²) in [6.07, 6.45) is 1.64. The molecule has 2 amide bonds. The van der Waals surface area contributed by atoms with Crippen molar-refractivity contribution in [3.05, 3.63) is 68.8 Å². The Balaban J connectivity index is 1.29. The quantitative estimate of drug-likeness (QED) is 0.0834. The van der Waals surface area contributed by atoms with E-state index in [2.05, 4.69) is 37.6 Å². The maximum absolute atomic E-state index is 13.3. The number of carbonyl (C=O) groups excluding carboxylic acids is 2. The third-order valence-electron chi connectivity index (χ3n) is 6.06. The van der Waals surface area contributed by atoms with Gasteiger partial charge in [0.25, 0.3) is 11.8 Å². The third-order valence-corrected chi connectivity index (χ3v) is 9.86. The van der Waals surface area contributed by atoms with Crippen molar-refractivity contribution in [1.82, 2.24) is 35.4 Å². The molecule has 19 heteroatoms. The smallest absolute Gasteiger partial charge is 0.352 e. The van der Waals surface area contributed by atoms with E-state index in [9.17, 15) is 19.5 Å². The SMILES string of the molecule is C=CCn1nnnc1SCC1=C(C(=O)O)N2C(=O)C(NC(=O)/C(=N/OCc3ccc(Cl)c(Cl)c3)c3csc(N)n3)[C@H]2SC1. The number of tetrazole rings is 1. The van der Waals surface area contributed by atoms with Crippen molar-refractivity contribution in [3.8, 4) is 0 Å². The normalized spacial score (nSPS) is 18.2. The van der Waals surface area contributed by atoms with Crippen LogP contribution in [-0.4, -0.2) is 81.6 Å². The number of nitrogens with one attached hydrogen (secondary N) is 1. The first kappa shape index (κ1) is 30.8. The first-order chi connectivity index (χ1) is 20.7. The molecule has 0 saturated carbocycles. The molecule has 14 nitrogen and oxygen atoms in total. The highest BCUT2D eigenvalue weighted by molar-refractivity contribution is 8.01. The van der Waals surface area contributed by atoms with Gasteiger partial charge in [-0.2, -0.15) is 0 Å². The van der Waals surface area contributed by atoms with Crippen LogP contribution >= 0.6 is 58.1 Å². The maximum atomic E-state index is 13.3. The molecule has 2 aromatic heterocycles. The Morgan fingerprint density at radius 1 is 1.35 bits per heavy atom. The summed E-state index contributed by atoms with van der Waals surface area (Å²) < 4.78 is 1.53. The van der Waals surface area contributed by atoms with E-state index in [1.54, 1.807) is 24.3 Å². The van der Waals surface area contributed by atoms with E-state index in [0.29, 0.717) is 38.6 Å². The molecule has 2 aliphatic rings. The topological polar surface area (TPSA) is 191 Å². The minimum atomic E-state index is -1.25. The van der Waals surface area contributed by atoms with Crippen LogP contribution in [-0.2, 0) is 32.4 Å². The van der Waals surface area contributed by atoms with Gasteiger partial charge >= 0.3 is 5.97 Å². The number of carboxylic acid groups (broad SMARTS) is 1.